The number of nitrogens with zero attached hydrogens (tertiary/aromatic N) is 3. The predicted molar refractivity (Wildman–Crippen MR) is 99.4 cm³/mol. The predicted octanol–water partition coefficient (Wildman–Crippen LogP) is 1.60. The average molecular weight is 350 g/mol. The number of hydrogen-bond acceptors (Lipinski definition) is 5. The molecule has 2 aliphatic heterocycles. The van der Waals surface area contributed by atoms with E-state index in [1.807, 2.05) is 24.3 Å². The van der Waals surface area contributed by atoms with Gasteiger partial charge in [-0.1, -0.05) is 18.2 Å². The molecule has 1 amide bonds. The van der Waals surface area contributed by atoms with Gasteiger partial charge < -0.3 is 10.2 Å². The molecule has 1 atom stereocenters. The van der Waals surface area contributed by atoms with E-state index in [-0.39, 0.29) is 11.7 Å². The van der Waals surface area contributed by atoms with Crippen molar-refractivity contribution in [3.05, 3.63) is 59.4 Å². The minimum Gasteiger partial charge on any atom is -0.320 e. The van der Waals surface area contributed by atoms with Crippen molar-refractivity contribution in [2.45, 2.75) is 5.92 Å². The first-order valence-electron chi connectivity index (χ1n) is 8.92. The lowest BCUT2D eigenvalue weighted by atomic mass is 9.87. The van der Waals surface area contributed by atoms with E-state index in [1.165, 1.54) is 0 Å². The molecule has 0 saturated carbocycles. The second-order valence-electron chi connectivity index (χ2n) is 6.96. The highest BCUT2D eigenvalue weighted by Gasteiger charge is 2.34. The van der Waals surface area contributed by atoms with Crippen LogP contribution in [0.3, 0.4) is 0 Å². The number of amides is 1. The van der Waals surface area contributed by atoms with E-state index in [9.17, 15) is 9.59 Å². The fourth-order valence-electron chi connectivity index (χ4n) is 3.69. The maximum Gasteiger partial charge on any atom is 0.256 e. The Morgan fingerprint density at radius 3 is 2.73 bits per heavy atom. The zero-order chi connectivity index (χ0) is 18.1. The molecule has 3 heterocycles. The lowest BCUT2D eigenvalue weighted by Crippen LogP contribution is -2.47. The van der Waals surface area contributed by atoms with Crippen LogP contribution in [-0.2, 0) is 4.79 Å². The summed E-state index contributed by atoms with van der Waals surface area (Å²) in [6.45, 7) is 4.05. The maximum atomic E-state index is 13.3. The second-order valence-corrected chi connectivity index (χ2v) is 6.96. The van der Waals surface area contributed by atoms with Gasteiger partial charge in [-0.2, -0.15) is 0 Å². The first-order chi connectivity index (χ1) is 12.6. The fraction of sp³-hybridized carbons (Fsp3) is 0.350. The summed E-state index contributed by atoms with van der Waals surface area (Å²) < 4.78 is 0. The molecule has 0 bridgehead atoms. The summed E-state index contributed by atoms with van der Waals surface area (Å²) in [6.07, 6.45) is 1.68. The first kappa shape index (κ1) is 16.9. The molecule has 2 aromatic rings. The topological polar surface area (TPSA) is 65.5 Å². The molecule has 4 rings (SSSR count). The Bertz CT molecular complexity index is 843. The third-order valence-electron chi connectivity index (χ3n) is 5.17. The van der Waals surface area contributed by atoms with Crippen molar-refractivity contribution in [2.75, 3.05) is 45.1 Å². The number of likely N-dealkylation sites (N-methyl/N-ethyl adjacent to an activating group) is 1. The van der Waals surface area contributed by atoms with E-state index in [0.717, 1.165) is 31.7 Å². The van der Waals surface area contributed by atoms with Gasteiger partial charge in [-0.05, 0) is 30.8 Å². The number of carbonyl (C=O) groups is 2. The summed E-state index contributed by atoms with van der Waals surface area (Å²) in [5.41, 5.74) is 2.53. The van der Waals surface area contributed by atoms with E-state index >= 15 is 0 Å². The minimum atomic E-state index is -0.527. The summed E-state index contributed by atoms with van der Waals surface area (Å²) in [5.74, 6) is -0.635. The normalized spacial score (nSPS) is 20.7. The molecule has 1 unspecified atom stereocenters. The van der Waals surface area contributed by atoms with Gasteiger partial charge in [-0.25, -0.2) is 0 Å². The van der Waals surface area contributed by atoms with Crippen molar-refractivity contribution in [1.82, 2.24) is 14.8 Å². The highest BCUT2D eigenvalue weighted by molar-refractivity contribution is 6.09. The van der Waals surface area contributed by atoms with Crippen molar-refractivity contribution < 1.29 is 9.59 Å². The van der Waals surface area contributed by atoms with Gasteiger partial charge in [0.15, 0.2) is 5.78 Å². The molecule has 1 aromatic heterocycles. The molecule has 1 saturated heterocycles. The number of Topliss-reactive ketones (excluding diaryl/α,β-unsaturated/α-hetero) is 1. The SMILES string of the molecule is CN1CCN(CC(=O)C2c3ccccc3C(=O)Nc3cccnc32)CC1. The maximum absolute atomic E-state index is 13.3. The van der Waals surface area contributed by atoms with Crippen LogP contribution in [0.4, 0.5) is 5.69 Å². The number of pyridine rings is 1. The summed E-state index contributed by atoms with van der Waals surface area (Å²) in [5, 5.41) is 2.90. The Labute approximate surface area is 152 Å². The van der Waals surface area contributed by atoms with Crippen LogP contribution in [0.2, 0.25) is 0 Å². The van der Waals surface area contributed by atoms with Gasteiger partial charge in [0.2, 0.25) is 0 Å². The number of piperazine rings is 1. The number of nitrogens with one attached hydrogen (secondary N) is 1. The Hall–Kier alpha value is -2.57. The number of carbonyl (C=O) groups excluding carboxylic acids is 2. The summed E-state index contributed by atoms with van der Waals surface area (Å²) >= 11 is 0. The van der Waals surface area contributed by atoms with E-state index in [0.29, 0.717) is 23.5 Å². The highest BCUT2D eigenvalue weighted by Crippen LogP contribution is 2.35. The van der Waals surface area contributed by atoms with Crippen molar-refractivity contribution in [2.24, 2.45) is 0 Å². The van der Waals surface area contributed by atoms with Gasteiger partial charge >= 0.3 is 0 Å². The van der Waals surface area contributed by atoms with Crippen molar-refractivity contribution in [3.63, 3.8) is 0 Å². The number of anilines is 1. The van der Waals surface area contributed by atoms with Crippen LogP contribution >= 0.6 is 0 Å². The van der Waals surface area contributed by atoms with Crippen molar-refractivity contribution in [3.8, 4) is 0 Å². The van der Waals surface area contributed by atoms with Crippen LogP contribution in [0.1, 0.15) is 27.5 Å². The van der Waals surface area contributed by atoms with Crippen LogP contribution in [0, 0.1) is 0 Å². The fourth-order valence-corrected chi connectivity index (χ4v) is 3.69. The Morgan fingerprint density at radius 2 is 1.92 bits per heavy atom. The van der Waals surface area contributed by atoms with Crippen LogP contribution < -0.4 is 5.32 Å². The summed E-state index contributed by atoms with van der Waals surface area (Å²) in [7, 11) is 2.10. The molecule has 134 valence electrons. The quantitative estimate of drug-likeness (QED) is 0.911. The Morgan fingerprint density at radius 1 is 1.15 bits per heavy atom. The molecular weight excluding hydrogens is 328 g/mol. The molecule has 6 nitrogen and oxygen atoms in total. The molecule has 1 fully saturated rings. The lowest BCUT2D eigenvalue weighted by molar-refractivity contribution is -0.121. The number of fused-ring (bicyclic) bond motifs is 2. The molecule has 0 spiro atoms. The number of aromatic nitrogens is 1. The van der Waals surface area contributed by atoms with Gasteiger partial charge in [0, 0.05) is 37.9 Å². The smallest absolute Gasteiger partial charge is 0.256 e. The Kier molecular flexibility index (Phi) is 4.53. The first-order valence-corrected chi connectivity index (χ1v) is 8.92. The molecule has 0 radical (unpaired) electrons. The molecule has 6 heteroatoms. The van der Waals surface area contributed by atoms with Gasteiger partial charge in [0.25, 0.3) is 5.91 Å². The monoisotopic (exact) mass is 350 g/mol. The van der Waals surface area contributed by atoms with E-state index < -0.39 is 5.92 Å². The number of benzene rings is 1. The number of ketones is 1. The van der Waals surface area contributed by atoms with Crippen molar-refractivity contribution >= 4 is 17.4 Å². The highest BCUT2D eigenvalue weighted by atomic mass is 16.2. The van der Waals surface area contributed by atoms with Gasteiger partial charge in [0.1, 0.15) is 0 Å². The third kappa shape index (κ3) is 3.13. The molecule has 1 N–H and O–H groups in total. The Balaban J connectivity index is 1.71. The van der Waals surface area contributed by atoms with Crippen LogP contribution in [0.5, 0.6) is 0 Å². The van der Waals surface area contributed by atoms with Gasteiger partial charge in [-0.15, -0.1) is 0 Å². The van der Waals surface area contributed by atoms with E-state index in [2.05, 4.69) is 27.1 Å². The van der Waals surface area contributed by atoms with Crippen LogP contribution in [0.25, 0.3) is 0 Å². The number of hydrogen-bond donors (Lipinski definition) is 1. The second kappa shape index (κ2) is 6.97. The third-order valence-corrected chi connectivity index (χ3v) is 5.17. The van der Waals surface area contributed by atoms with Crippen molar-refractivity contribution in [1.29, 1.82) is 0 Å². The molecule has 2 aliphatic rings. The number of rotatable bonds is 3. The zero-order valence-electron chi connectivity index (χ0n) is 14.8. The summed E-state index contributed by atoms with van der Waals surface area (Å²) in [6, 6.07) is 10.9. The van der Waals surface area contributed by atoms with Crippen LogP contribution in [-0.4, -0.2) is 66.2 Å². The average Bonchev–Trinajstić information content (AvgIpc) is 2.77. The molecule has 26 heavy (non-hydrogen) atoms. The molecule has 0 aliphatic carbocycles. The minimum absolute atomic E-state index is 0.0819. The lowest BCUT2D eigenvalue weighted by Gasteiger charge is -2.32. The molecular formula is C20H22N4O2. The van der Waals surface area contributed by atoms with Crippen LogP contribution in [0.15, 0.2) is 42.6 Å². The van der Waals surface area contributed by atoms with E-state index in [1.54, 1.807) is 18.3 Å². The zero-order valence-corrected chi connectivity index (χ0v) is 14.8. The summed E-state index contributed by atoms with van der Waals surface area (Å²) in [4.78, 5) is 34.8. The standard InChI is InChI=1S/C20H22N4O2/c1-23-9-11-24(12-10-23)13-17(25)18-14-5-2-3-6-15(14)20(26)22-16-7-4-8-21-19(16)18/h2-8,18H,9-13H2,1H3,(H,22,26). The molecule has 1 aromatic carbocycles. The van der Waals surface area contributed by atoms with Gasteiger partial charge in [0.05, 0.1) is 23.8 Å². The van der Waals surface area contributed by atoms with Gasteiger partial charge in [-0.3, -0.25) is 19.5 Å². The van der Waals surface area contributed by atoms with E-state index in [4.69, 9.17) is 0 Å². The largest absolute Gasteiger partial charge is 0.320 e.